The number of aromatic nitrogens is 4. The fourth-order valence-corrected chi connectivity index (χ4v) is 2.44. The molecule has 2 aromatic heterocycles. The van der Waals surface area contributed by atoms with Crippen molar-refractivity contribution in [2.75, 3.05) is 19.0 Å². The molecule has 0 saturated carbocycles. The van der Waals surface area contributed by atoms with Crippen molar-refractivity contribution in [1.82, 2.24) is 24.9 Å². The minimum Gasteiger partial charge on any atom is -0.378 e. The van der Waals surface area contributed by atoms with Crippen LogP contribution in [0.15, 0.2) is 30.3 Å². The molecule has 0 atom stereocenters. The second-order valence-corrected chi connectivity index (χ2v) is 5.93. The Kier molecular flexibility index (Phi) is 4.16. The van der Waals surface area contributed by atoms with E-state index in [1.807, 2.05) is 63.2 Å². The number of hydrogen-bond donors (Lipinski definition) is 1. The van der Waals surface area contributed by atoms with Crippen LogP contribution in [-0.2, 0) is 6.54 Å². The zero-order valence-electron chi connectivity index (χ0n) is 14.2. The van der Waals surface area contributed by atoms with Crippen molar-refractivity contribution >= 4 is 17.4 Å². The molecular weight excluding hydrogens is 304 g/mol. The largest absolute Gasteiger partial charge is 0.378 e. The first kappa shape index (κ1) is 15.9. The third-order valence-corrected chi connectivity index (χ3v) is 3.73. The molecule has 0 fully saturated rings. The molecule has 0 unspecified atom stereocenters. The molecule has 124 valence electrons. The number of aryl methyl sites for hydroxylation is 2. The molecule has 1 N–H and O–H groups in total. The summed E-state index contributed by atoms with van der Waals surface area (Å²) in [4.78, 5) is 22.8. The van der Waals surface area contributed by atoms with Crippen LogP contribution < -0.4 is 10.2 Å². The zero-order valence-corrected chi connectivity index (χ0v) is 14.2. The van der Waals surface area contributed by atoms with Crippen molar-refractivity contribution in [1.29, 1.82) is 0 Å². The number of carbonyl (C=O) groups is 1. The van der Waals surface area contributed by atoms with E-state index in [0.29, 0.717) is 12.3 Å². The first-order chi connectivity index (χ1) is 11.4. The summed E-state index contributed by atoms with van der Waals surface area (Å²) in [6.07, 6.45) is 0. The second kappa shape index (κ2) is 6.27. The van der Waals surface area contributed by atoms with Crippen LogP contribution in [0.25, 0.3) is 5.78 Å². The number of fused-ring (bicyclic) bond motifs is 1. The number of nitrogens with zero attached hydrogens (tertiary/aromatic N) is 5. The lowest BCUT2D eigenvalue weighted by Gasteiger charge is -2.12. The van der Waals surface area contributed by atoms with E-state index in [4.69, 9.17) is 0 Å². The number of rotatable bonds is 4. The Labute approximate surface area is 140 Å². The Hall–Kier alpha value is -2.96. The Morgan fingerprint density at radius 1 is 1.17 bits per heavy atom. The highest BCUT2D eigenvalue weighted by molar-refractivity contribution is 5.90. The van der Waals surface area contributed by atoms with Gasteiger partial charge in [-0.2, -0.15) is 4.98 Å². The van der Waals surface area contributed by atoms with Crippen molar-refractivity contribution in [2.45, 2.75) is 20.4 Å². The number of nitrogens with one attached hydrogen (secondary N) is 1. The number of anilines is 1. The molecule has 1 amide bonds. The summed E-state index contributed by atoms with van der Waals surface area (Å²) in [5.74, 6) is 0.253. The van der Waals surface area contributed by atoms with Gasteiger partial charge < -0.3 is 10.2 Å². The maximum Gasteiger partial charge on any atom is 0.291 e. The van der Waals surface area contributed by atoms with E-state index < -0.39 is 0 Å². The van der Waals surface area contributed by atoms with Gasteiger partial charge in [-0.25, -0.2) is 9.50 Å². The van der Waals surface area contributed by atoms with E-state index in [0.717, 1.165) is 22.6 Å². The van der Waals surface area contributed by atoms with Crippen LogP contribution in [0.1, 0.15) is 27.6 Å². The highest BCUT2D eigenvalue weighted by Gasteiger charge is 2.14. The monoisotopic (exact) mass is 324 g/mol. The fraction of sp³-hybridized carbons (Fsp3) is 0.294. The Bertz CT molecular complexity index is 882. The van der Waals surface area contributed by atoms with Gasteiger partial charge in [-0.3, -0.25) is 4.79 Å². The summed E-state index contributed by atoms with van der Waals surface area (Å²) in [5.41, 5.74) is 3.87. The highest BCUT2D eigenvalue weighted by Crippen LogP contribution is 2.12. The molecule has 2 heterocycles. The minimum absolute atomic E-state index is 0.126. The van der Waals surface area contributed by atoms with Crippen molar-refractivity contribution in [2.24, 2.45) is 0 Å². The minimum atomic E-state index is -0.311. The van der Waals surface area contributed by atoms with E-state index in [-0.39, 0.29) is 11.7 Å². The van der Waals surface area contributed by atoms with Gasteiger partial charge in [0.05, 0.1) is 0 Å². The lowest BCUT2D eigenvalue weighted by Crippen LogP contribution is -2.24. The molecular formula is C17H20N6O. The van der Waals surface area contributed by atoms with Gasteiger partial charge in [0.25, 0.3) is 11.7 Å². The van der Waals surface area contributed by atoms with Crippen molar-refractivity contribution in [3.8, 4) is 0 Å². The maximum atomic E-state index is 12.3. The molecule has 1 aromatic carbocycles. The summed E-state index contributed by atoms with van der Waals surface area (Å²) < 4.78 is 1.58. The summed E-state index contributed by atoms with van der Waals surface area (Å²) in [6, 6.07) is 9.90. The zero-order chi connectivity index (χ0) is 17.3. The van der Waals surface area contributed by atoms with Crippen LogP contribution in [0, 0.1) is 13.8 Å². The van der Waals surface area contributed by atoms with Crippen molar-refractivity contribution in [3.05, 3.63) is 53.1 Å². The standard InChI is InChI=1S/C17H20N6O/c1-11-9-12(2)23-17(19-11)20-15(21-23)16(24)18-10-13-5-7-14(8-6-13)22(3)4/h5-9H,10H2,1-4H3,(H,18,24). The van der Waals surface area contributed by atoms with Gasteiger partial charge in [-0.05, 0) is 37.6 Å². The van der Waals surface area contributed by atoms with Crippen LogP contribution in [0.4, 0.5) is 5.69 Å². The number of amides is 1. The second-order valence-electron chi connectivity index (χ2n) is 5.93. The van der Waals surface area contributed by atoms with Gasteiger partial charge in [0.2, 0.25) is 5.82 Å². The summed E-state index contributed by atoms with van der Waals surface area (Å²) >= 11 is 0. The van der Waals surface area contributed by atoms with Crippen LogP contribution >= 0.6 is 0 Å². The van der Waals surface area contributed by atoms with Crippen molar-refractivity contribution < 1.29 is 4.79 Å². The smallest absolute Gasteiger partial charge is 0.291 e. The molecule has 3 aromatic rings. The van der Waals surface area contributed by atoms with Gasteiger partial charge in [-0.1, -0.05) is 12.1 Å². The number of carbonyl (C=O) groups excluding carboxylic acids is 1. The average Bonchev–Trinajstić information content (AvgIpc) is 2.97. The molecule has 0 aliphatic rings. The SMILES string of the molecule is Cc1cc(C)n2nc(C(=O)NCc3ccc(N(C)C)cc3)nc2n1. The third kappa shape index (κ3) is 3.19. The van der Waals surface area contributed by atoms with E-state index in [1.165, 1.54) is 0 Å². The Balaban J connectivity index is 1.72. The van der Waals surface area contributed by atoms with Crippen LogP contribution in [0.3, 0.4) is 0 Å². The van der Waals surface area contributed by atoms with Crippen LogP contribution in [0.5, 0.6) is 0 Å². The number of hydrogen-bond acceptors (Lipinski definition) is 5. The van der Waals surface area contributed by atoms with E-state index in [1.54, 1.807) is 4.52 Å². The van der Waals surface area contributed by atoms with Crippen LogP contribution in [-0.4, -0.2) is 39.6 Å². The van der Waals surface area contributed by atoms with Gasteiger partial charge in [0, 0.05) is 37.7 Å². The summed E-state index contributed by atoms with van der Waals surface area (Å²) in [7, 11) is 3.98. The lowest BCUT2D eigenvalue weighted by atomic mass is 10.2. The molecule has 0 radical (unpaired) electrons. The molecule has 24 heavy (non-hydrogen) atoms. The third-order valence-electron chi connectivity index (χ3n) is 3.73. The molecule has 0 aliphatic carbocycles. The maximum absolute atomic E-state index is 12.3. The highest BCUT2D eigenvalue weighted by atomic mass is 16.2. The van der Waals surface area contributed by atoms with E-state index in [9.17, 15) is 4.79 Å². The molecule has 3 rings (SSSR count). The quantitative estimate of drug-likeness (QED) is 0.791. The average molecular weight is 324 g/mol. The fourth-order valence-electron chi connectivity index (χ4n) is 2.44. The molecule has 7 heteroatoms. The molecule has 0 aliphatic heterocycles. The van der Waals surface area contributed by atoms with Gasteiger partial charge in [0.15, 0.2) is 0 Å². The molecule has 0 saturated heterocycles. The predicted molar refractivity (Wildman–Crippen MR) is 92.2 cm³/mol. The molecule has 7 nitrogen and oxygen atoms in total. The topological polar surface area (TPSA) is 75.4 Å². The van der Waals surface area contributed by atoms with Crippen molar-refractivity contribution in [3.63, 3.8) is 0 Å². The normalized spacial score (nSPS) is 10.8. The first-order valence-corrected chi connectivity index (χ1v) is 7.69. The van der Waals surface area contributed by atoms with E-state index in [2.05, 4.69) is 20.4 Å². The summed E-state index contributed by atoms with van der Waals surface area (Å²) in [6.45, 7) is 4.22. The molecule has 0 bridgehead atoms. The van der Waals surface area contributed by atoms with Gasteiger partial charge in [0.1, 0.15) is 0 Å². The Morgan fingerprint density at radius 3 is 2.54 bits per heavy atom. The predicted octanol–water partition coefficient (Wildman–Crippen LogP) is 1.74. The van der Waals surface area contributed by atoms with Crippen LogP contribution in [0.2, 0.25) is 0 Å². The Morgan fingerprint density at radius 2 is 1.88 bits per heavy atom. The molecule has 0 spiro atoms. The number of benzene rings is 1. The first-order valence-electron chi connectivity index (χ1n) is 7.69. The summed E-state index contributed by atoms with van der Waals surface area (Å²) in [5, 5.41) is 7.07. The lowest BCUT2D eigenvalue weighted by molar-refractivity contribution is 0.0940. The van der Waals surface area contributed by atoms with Gasteiger partial charge in [-0.15, -0.1) is 5.10 Å². The van der Waals surface area contributed by atoms with E-state index >= 15 is 0 Å². The van der Waals surface area contributed by atoms with Gasteiger partial charge >= 0.3 is 0 Å².